The number of nitrogens with zero attached hydrogens (tertiary/aromatic N) is 3. The van der Waals surface area contributed by atoms with Gasteiger partial charge in [0.05, 0.1) is 5.60 Å². The van der Waals surface area contributed by atoms with Crippen LogP contribution in [0.5, 0.6) is 0 Å². The average molecular weight is 280 g/mol. The molecule has 1 fully saturated rings. The maximum Gasteiger partial charge on any atom is 0.138 e. The van der Waals surface area contributed by atoms with Gasteiger partial charge in [-0.05, 0) is 33.2 Å². The molecule has 1 aromatic rings. The van der Waals surface area contributed by atoms with E-state index < -0.39 is 0 Å². The summed E-state index contributed by atoms with van der Waals surface area (Å²) in [4.78, 5) is 4.45. The Labute approximate surface area is 122 Å². The Morgan fingerprint density at radius 3 is 2.65 bits per heavy atom. The second-order valence-electron chi connectivity index (χ2n) is 6.00. The molecular weight excluding hydrogens is 252 g/mol. The van der Waals surface area contributed by atoms with Gasteiger partial charge in [0.2, 0.25) is 0 Å². The highest BCUT2D eigenvalue weighted by molar-refractivity contribution is 5.02. The predicted molar refractivity (Wildman–Crippen MR) is 79.8 cm³/mol. The first kappa shape index (κ1) is 15.4. The Hall–Kier alpha value is -0.940. The summed E-state index contributed by atoms with van der Waals surface area (Å²) >= 11 is 0. The second kappa shape index (κ2) is 6.68. The van der Waals surface area contributed by atoms with E-state index in [-0.39, 0.29) is 5.60 Å². The van der Waals surface area contributed by atoms with Crippen molar-refractivity contribution in [3.63, 3.8) is 0 Å². The van der Waals surface area contributed by atoms with Gasteiger partial charge >= 0.3 is 0 Å². The fourth-order valence-electron chi connectivity index (χ4n) is 3.39. The zero-order chi connectivity index (χ0) is 14.6. The van der Waals surface area contributed by atoms with Gasteiger partial charge in [-0.3, -0.25) is 0 Å². The number of ether oxygens (including phenoxy) is 1. The predicted octanol–water partition coefficient (Wildman–Crippen LogP) is 2.34. The molecule has 0 radical (unpaired) electrons. The zero-order valence-electron chi connectivity index (χ0n) is 13.2. The molecule has 1 aliphatic rings. The normalized spacial score (nSPS) is 19.6. The highest BCUT2D eigenvalue weighted by Gasteiger charge is 2.41. The van der Waals surface area contributed by atoms with Crippen LogP contribution < -0.4 is 5.32 Å². The smallest absolute Gasteiger partial charge is 0.138 e. The van der Waals surface area contributed by atoms with E-state index >= 15 is 0 Å². The van der Waals surface area contributed by atoms with Crippen molar-refractivity contribution < 1.29 is 4.74 Å². The molecule has 0 amide bonds. The molecule has 1 saturated carbocycles. The number of rotatable bonds is 7. The molecule has 114 valence electrons. The molecule has 0 aliphatic heterocycles. The van der Waals surface area contributed by atoms with Crippen LogP contribution in [-0.2, 0) is 11.2 Å². The molecule has 1 atom stereocenters. The van der Waals surface area contributed by atoms with Crippen molar-refractivity contribution in [3.8, 4) is 0 Å². The molecule has 0 aromatic carbocycles. The summed E-state index contributed by atoms with van der Waals surface area (Å²) in [6, 6.07) is 0.651. The molecule has 20 heavy (non-hydrogen) atoms. The lowest BCUT2D eigenvalue weighted by molar-refractivity contribution is -0.0358. The number of methoxy groups -OCH3 is 1. The summed E-state index contributed by atoms with van der Waals surface area (Å²) in [7, 11) is 1.85. The van der Waals surface area contributed by atoms with Gasteiger partial charge in [-0.2, -0.15) is 5.10 Å². The first-order valence-corrected chi connectivity index (χ1v) is 7.80. The van der Waals surface area contributed by atoms with E-state index in [1.165, 1.54) is 12.8 Å². The van der Waals surface area contributed by atoms with Gasteiger partial charge in [0.15, 0.2) is 0 Å². The van der Waals surface area contributed by atoms with Crippen LogP contribution in [0.2, 0.25) is 0 Å². The highest BCUT2D eigenvalue weighted by atomic mass is 16.5. The van der Waals surface area contributed by atoms with Crippen molar-refractivity contribution in [1.82, 2.24) is 20.1 Å². The molecule has 0 bridgehead atoms. The highest BCUT2D eigenvalue weighted by Crippen LogP contribution is 2.36. The van der Waals surface area contributed by atoms with Crippen LogP contribution in [0.25, 0.3) is 0 Å². The van der Waals surface area contributed by atoms with E-state index in [1.807, 2.05) is 11.8 Å². The molecule has 1 aromatic heterocycles. The Morgan fingerprint density at radius 2 is 2.10 bits per heavy atom. The third kappa shape index (κ3) is 3.04. The van der Waals surface area contributed by atoms with Crippen molar-refractivity contribution >= 4 is 0 Å². The van der Waals surface area contributed by atoms with E-state index in [2.05, 4.69) is 36.2 Å². The van der Waals surface area contributed by atoms with E-state index in [0.717, 1.165) is 31.6 Å². The van der Waals surface area contributed by atoms with Crippen molar-refractivity contribution in [1.29, 1.82) is 0 Å². The van der Waals surface area contributed by atoms with Crippen LogP contribution in [0.3, 0.4) is 0 Å². The standard InChI is InChI=1S/C15H28N4O/c1-5-16-13(15(20-4)8-6-7-9-15)10-14-17-11-18-19(14)12(2)3/h11-13,16H,5-10H2,1-4H3. The van der Waals surface area contributed by atoms with E-state index in [1.54, 1.807) is 6.33 Å². The molecular formula is C15H28N4O. The van der Waals surface area contributed by atoms with Crippen molar-refractivity contribution in [3.05, 3.63) is 12.2 Å². The van der Waals surface area contributed by atoms with Gasteiger partial charge < -0.3 is 10.1 Å². The Morgan fingerprint density at radius 1 is 1.40 bits per heavy atom. The molecule has 0 saturated heterocycles. The van der Waals surface area contributed by atoms with Crippen LogP contribution in [0.1, 0.15) is 58.3 Å². The van der Waals surface area contributed by atoms with Crippen molar-refractivity contribution in [2.45, 2.75) is 70.6 Å². The van der Waals surface area contributed by atoms with Crippen LogP contribution >= 0.6 is 0 Å². The van der Waals surface area contributed by atoms with Gasteiger partial charge in [-0.15, -0.1) is 0 Å². The molecule has 0 spiro atoms. The van der Waals surface area contributed by atoms with Crippen molar-refractivity contribution in [2.75, 3.05) is 13.7 Å². The summed E-state index contributed by atoms with van der Waals surface area (Å²) in [6.07, 6.45) is 7.32. The monoisotopic (exact) mass is 280 g/mol. The lowest BCUT2D eigenvalue weighted by atomic mass is 9.89. The third-order valence-electron chi connectivity index (χ3n) is 4.47. The van der Waals surface area contributed by atoms with Gasteiger partial charge in [0.25, 0.3) is 0 Å². The fraction of sp³-hybridized carbons (Fsp3) is 0.867. The number of hydrogen-bond donors (Lipinski definition) is 1. The Balaban J connectivity index is 2.18. The van der Waals surface area contributed by atoms with Gasteiger partial charge in [0, 0.05) is 25.6 Å². The zero-order valence-corrected chi connectivity index (χ0v) is 13.2. The SMILES string of the molecule is CCNC(Cc1ncnn1C(C)C)C1(OC)CCCC1. The topological polar surface area (TPSA) is 52.0 Å². The lowest BCUT2D eigenvalue weighted by Crippen LogP contribution is -2.52. The molecule has 1 N–H and O–H groups in total. The minimum atomic E-state index is -0.0379. The molecule has 2 rings (SSSR count). The van der Waals surface area contributed by atoms with Crippen LogP contribution in [-0.4, -0.2) is 40.1 Å². The minimum Gasteiger partial charge on any atom is -0.377 e. The largest absolute Gasteiger partial charge is 0.377 e. The lowest BCUT2D eigenvalue weighted by Gasteiger charge is -2.37. The third-order valence-corrected chi connectivity index (χ3v) is 4.47. The molecule has 1 aliphatic carbocycles. The van der Waals surface area contributed by atoms with Gasteiger partial charge in [-0.1, -0.05) is 19.8 Å². The summed E-state index contributed by atoms with van der Waals surface area (Å²) in [5, 5.41) is 7.96. The maximum absolute atomic E-state index is 5.94. The summed E-state index contributed by atoms with van der Waals surface area (Å²) in [5.74, 6) is 1.05. The van der Waals surface area contributed by atoms with Crippen LogP contribution in [0.15, 0.2) is 6.33 Å². The van der Waals surface area contributed by atoms with Crippen LogP contribution in [0.4, 0.5) is 0 Å². The van der Waals surface area contributed by atoms with Crippen LogP contribution in [0, 0.1) is 0 Å². The first-order valence-electron chi connectivity index (χ1n) is 7.80. The molecule has 5 heteroatoms. The molecule has 1 heterocycles. The van der Waals surface area contributed by atoms with E-state index in [4.69, 9.17) is 4.74 Å². The number of likely N-dealkylation sites (N-methyl/N-ethyl adjacent to an activating group) is 1. The fourth-order valence-corrected chi connectivity index (χ4v) is 3.39. The maximum atomic E-state index is 5.94. The van der Waals surface area contributed by atoms with E-state index in [0.29, 0.717) is 12.1 Å². The van der Waals surface area contributed by atoms with Gasteiger partial charge in [-0.25, -0.2) is 9.67 Å². The summed E-state index contributed by atoms with van der Waals surface area (Å²) < 4.78 is 7.96. The van der Waals surface area contributed by atoms with E-state index in [9.17, 15) is 0 Å². The summed E-state index contributed by atoms with van der Waals surface area (Å²) in [6.45, 7) is 7.38. The Kier molecular flexibility index (Phi) is 5.16. The Bertz CT molecular complexity index is 410. The quantitative estimate of drug-likeness (QED) is 0.833. The van der Waals surface area contributed by atoms with Crippen molar-refractivity contribution in [2.24, 2.45) is 0 Å². The first-order chi connectivity index (χ1) is 9.63. The average Bonchev–Trinajstić information content (AvgIpc) is 3.07. The number of nitrogens with one attached hydrogen (secondary N) is 1. The number of aromatic nitrogens is 3. The second-order valence-corrected chi connectivity index (χ2v) is 6.00. The number of hydrogen-bond acceptors (Lipinski definition) is 4. The van der Waals surface area contributed by atoms with Gasteiger partial charge in [0.1, 0.15) is 12.2 Å². The molecule has 1 unspecified atom stereocenters. The molecule has 5 nitrogen and oxygen atoms in total. The summed E-state index contributed by atoms with van der Waals surface area (Å²) in [5.41, 5.74) is -0.0379. The minimum absolute atomic E-state index is 0.0379.